The summed E-state index contributed by atoms with van der Waals surface area (Å²) in [5, 5.41) is 14.5. The van der Waals surface area contributed by atoms with Crippen LogP contribution in [-0.2, 0) is 9.53 Å². The topological polar surface area (TPSA) is 128 Å². The monoisotopic (exact) mass is 369 g/mol. The molecule has 0 radical (unpaired) electrons. The van der Waals surface area contributed by atoms with Gasteiger partial charge < -0.3 is 4.74 Å². The van der Waals surface area contributed by atoms with Crippen LogP contribution >= 0.6 is 0 Å². The first-order valence-corrected chi connectivity index (χ1v) is 7.70. The van der Waals surface area contributed by atoms with Gasteiger partial charge in [-0.1, -0.05) is 30.3 Å². The largest absolute Gasteiger partial charge is 0.464 e. The first kappa shape index (κ1) is 19.4. The number of benzene rings is 2. The third-order valence-electron chi connectivity index (χ3n) is 3.46. The average Bonchev–Trinajstić information content (AvgIpc) is 2.70. The van der Waals surface area contributed by atoms with Crippen LogP contribution in [0.1, 0.15) is 27.1 Å². The van der Waals surface area contributed by atoms with E-state index >= 15 is 0 Å². The molecule has 0 saturated heterocycles. The normalized spacial score (nSPS) is 10.8. The molecule has 0 aliphatic rings. The molecular formula is C18H15N3O6. The van der Waals surface area contributed by atoms with Crippen LogP contribution in [0.2, 0.25) is 0 Å². The molecule has 0 spiro atoms. The Morgan fingerprint density at radius 1 is 1.07 bits per heavy atom. The fraction of sp³-hybridized carbons (Fsp3) is 0.111. The van der Waals surface area contributed by atoms with Crippen molar-refractivity contribution in [1.29, 1.82) is 0 Å². The second-order valence-electron chi connectivity index (χ2n) is 5.26. The van der Waals surface area contributed by atoms with Crippen LogP contribution in [0, 0.1) is 10.1 Å². The second-order valence-corrected chi connectivity index (χ2v) is 5.26. The third-order valence-corrected chi connectivity index (χ3v) is 3.46. The number of amides is 1. The highest BCUT2D eigenvalue weighted by Crippen LogP contribution is 2.15. The lowest BCUT2D eigenvalue weighted by molar-refractivity contribution is -0.384. The lowest BCUT2D eigenvalue weighted by atomic mass is 10.1. The van der Waals surface area contributed by atoms with E-state index < -0.39 is 29.0 Å². The maximum atomic E-state index is 12.3. The molecule has 0 aromatic heterocycles. The van der Waals surface area contributed by atoms with Crippen molar-refractivity contribution in [1.82, 2.24) is 5.43 Å². The van der Waals surface area contributed by atoms with Gasteiger partial charge in [-0.15, -0.1) is 0 Å². The zero-order valence-electron chi connectivity index (χ0n) is 14.2. The molecule has 1 amide bonds. The molecule has 2 rings (SSSR count). The Balaban J connectivity index is 2.17. The molecule has 0 atom stereocenters. The van der Waals surface area contributed by atoms with Gasteiger partial charge in [0, 0.05) is 23.3 Å². The first-order valence-electron chi connectivity index (χ1n) is 7.70. The Morgan fingerprint density at radius 2 is 1.74 bits per heavy atom. The molecule has 0 bridgehead atoms. The van der Waals surface area contributed by atoms with Gasteiger partial charge in [0.05, 0.1) is 18.5 Å². The summed E-state index contributed by atoms with van der Waals surface area (Å²) >= 11 is 0. The lowest BCUT2D eigenvalue weighted by Crippen LogP contribution is -2.26. The minimum atomic E-state index is -0.901. The number of non-ortho nitro benzene ring substituents is 1. The average molecular weight is 369 g/mol. The molecule has 0 fully saturated rings. The van der Waals surface area contributed by atoms with Gasteiger partial charge in [-0.2, -0.15) is 5.10 Å². The van der Waals surface area contributed by atoms with Gasteiger partial charge in [0.15, 0.2) is 11.5 Å². The first-order chi connectivity index (χ1) is 12.9. The number of ether oxygens (including phenoxy) is 1. The standard InChI is InChI=1S/C18H15N3O6/c1-27-18(24)15(19-20-17(23)12-6-3-2-4-7-12)11-16(22)13-8-5-9-14(10-13)21(25)26/h2-10H,11H2,1H3,(H,20,23)/b19-15+. The Bertz CT molecular complexity index is 908. The molecule has 0 aliphatic heterocycles. The van der Waals surface area contributed by atoms with Crippen molar-refractivity contribution in [2.24, 2.45) is 5.10 Å². The summed E-state index contributed by atoms with van der Waals surface area (Å²) < 4.78 is 4.57. The summed E-state index contributed by atoms with van der Waals surface area (Å²) in [5.41, 5.74) is 1.95. The minimum absolute atomic E-state index is 0.0372. The van der Waals surface area contributed by atoms with Gasteiger partial charge in [-0.3, -0.25) is 19.7 Å². The number of Topliss-reactive ketones (excluding diaryl/α,β-unsaturated/α-hetero) is 1. The van der Waals surface area contributed by atoms with Crippen LogP contribution in [-0.4, -0.2) is 35.4 Å². The number of rotatable bonds is 7. The SMILES string of the molecule is COC(=O)/C(CC(=O)c1cccc([N+](=O)[O-])c1)=N/NC(=O)c1ccccc1. The Labute approximate surface area is 153 Å². The van der Waals surface area contributed by atoms with E-state index in [0.29, 0.717) is 5.56 Å². The molecule has 0 aliphatic carbocycles. The predicted octanol–water partition coefficient (Wildman–Crippen LogP) is 2.13. The molecule has 2 aromatic rings. The van der Waals surface area contributed by atoms with Crippen molar-refractivity contribution < 1.29 is 24.0 Å². The van der Waals surface area contributed by atoms with Crippen LogP contribution in [0.25, 0.3) is 0 Å². The number of hydrazone groups is 1. The second kappa shape index (κ2) is 8.99. The number of hydrogen-bond acceptors (Lipinski definition) is 7. The highest BCUT2D eigenvalue weighted by atomic mass is 16.6. The van der Waals surface area contributed by atoms with Crippen molar-refractivity contribution >= 4 is 29.1 Å². The number of esters is 1. The fourth-order valence-electron chi connectivity index (χ4n) is 2.09. The Morgan fingerprint density at radius 3 is 2.37 bits per heavy atom. The molecule has 138 valence electrons. The van der Waals surface area contributed by atoms with Gasteiger partial charge in [-0.25, -0.2) is 10.2 Å². The molecular weight excluding hydrogens is 354 g/mol. The number of hydrogen-bond donors (Lipinski definition) is 1. The van der Waals surface area contributed by atoms with E-state index in [2.05, 4.69) is 15.3 Å². The highest BCUT2D eigenvalue weighted by Gasteiger charge is 2.20. The zero-order valence-corrected chi connectivity index (χ0v) is 14.2. The van der Waals surface area contributed by atoms with E-state index in [1.165, 1.54) is 18.2 Å². The van der Waals surface area contributed by atoms with Crippen LogP contribution in [0.3, 0.4) is 0 Å². The molecule has 9 heteroatoms. The smallest absolute Gasteiger partial charge is 0.354 e. The van der Waals surface area contributed by atoms with E-state index in [1.54, 1.807) is 30.3 Å². The van der Waals surface area contributed by atoms with Crippen molar-refractivity contribution in [3.05, 3.63) is 75.8 Å². The van der Waals surface area contributed by atoms with Gasteiger partial charge in [-0.05, 0) is 12.1 Å². The lowest BCUT2D eigenvalue weighted by Gasteiger charge is -2.06. The van der Waals surface area contributed by atoms with Crippen molar-refractivity contribution in [2.45, 2.75) is 6.42 Å². The summed E-state index contributed by atoms with van der Waals surface area (Å²) in [4.78, 5) is 46.4. The number of carbonyl (C=O) groups excluding carboxylic acids is 3. The summed E-state index contributed by atoms with van der Waals surface area (Å²) in [6.07, 6.45) is -0.497. The fourth-order valence-corrected chi connectivity index (χ4v) is 2.09. The van der Waals surface area contributed by atoms with Gasteiger partial charge in [0.25, 0.3) is 11.6 Å². The highest BCUT2D eigenvalue weighted by molar-refractivity contribution is 6.40. The van der Waals surface area contributed by atoms with Crippen LogP contribution in [0.4, 0.5) is 5.69 Å². The quantitative estimate of drug-likeness (QED) is 0.262. The van der Waals surface area contributed by atoms with Crippen molar-refractivity contribution in [3.63, 3.8) is 0 Å². The molecule has 27 heavy (non-hydrogen) atoms. The van der Waals surface area contributed by atoms with Crippen LogP contribution in [0.15, 0.2) is 59.7 Å². The van der Waals surface area contributed by atoms with E-state index in [9.17, 15) is 24.5 Å². The minimum Gasteiger partial charge on any atom is -0.464 e. The van der Waals surface area contributed by atoms with E-state index in [-0.39, 0.29) is 17.0 Å². The number of nitro benzene ring substituents is 1. The number of nitrogens with zero attached hydrogens (tertiary/aromatic N) is 2. The molecule has 0 saturated carbocycles. The molecule has 9 nitrogen and oxygen atoms in total. The van der Waals surface area contributed by atoms with Gasteiger partial charge in [0.2, 0.25) is 0 Å². The number of methoxy groups -OCH3 is 1. The maximum absolute atomic E-state index is 12.3. The molecule has 0 unspecified atom stereocenters. The molecule has 1 N–H and O–H groups in total. The zero-order chi connectivity index (χ0) is 19.8. The number of nitrogens with one attached hydrogen (secondary N) is 1. The van der Waals surface area contributed by atoms with Crippen molar-refractivity contribution in [2.75, 3.05) is 7.11 Å². The number of carbonyl (C=O) groups is 3. The van der Waals surface area contributed by atoms with E-state index in [1.807, 2.05) is 0 Å². The number of nitro groups is 1. The summed E-state index contributed by atoms with van der Waals surface area (Å²) in [6.45, 7) is 0. The summed E-state index contributed by atoms with van der Waals surface area (Å²) in [5.74, 6) is -2.06. The van der Waals surface area contributed by atoms with Gasteiger partial charge >= 0.3 is 5.97 Å². The van der Waals surface area contributed by atoms with E-state index in [0.717, 1.165) is 13.2 Å². The predicted molar refractivity (Wildman–Crippen MR) is 95.4 cm³/mol. The summed E-state index contributed by atoms with van der Waals surface area (Å²) in [7, 11) is 1.11. The molecule has 2 aromatic carbocycles. The third kappa shape index (κ3) is 5.30. The van der Waals surface area contributed by atoms with E-state index in [4.69, 9.17) is 0 Å². The Hall–Kier alpha value is -3.88. The van der Waals surface area contributed by atoms with Gasteiger partial charge in [0.1, 0.15) is 0 Å². The molecule has 0 heterocycles. The maximum Gasteiger partial charge on any atom is 0.354 e. The Kier molecular flexibility index (Phi) is 6.48. The van der Waals surface area contributed by atoms with Crippen molar-refractivity contribution in [3.8, 4) is 0 Å². The number of ketones is 1. The van der Waals surface area contributed by atoms with Crippen LogP contribution in [0.5, 0.6) is 0 Å². The van der Waals surface area contributed by atoms with Crippen LogP contribution < -0.4 is 5.43 Å². The summed E-state index contributed by atoms with van der Waals surface area (Å²) in [6, 6.07) is 13.2.